The number of carbonyl (C=O) groups excluding carboxylic acids is 1. The quantitative estimate of drug-likeness (QED) is 0.908. The lowest BCUT2D eigenvalue weighted by Gasteiger charge is -2.16. The zero-order valence-corrected chi connectivity index (χ0v) is 11.6. The molecule has 0 saturated carbocycles. The van der Waals surface area contributed by atoms with Crippen molar-refractivity contribution in [1.82, 2.24) is 4.90 Å². The first-order valence-electron chi connectivity index (χ1n) is 6.28. The fourth-order valence-corrected chi connectivity index (χ4v) is 2.27. The van der Waals surface area contributed by atoms with Gasteiger partial charge >= 0.3 is 0 Å². The van der Waals surface area contributed by atoms with E-state index in [1.165, 1.54) is 11.1 Å². The molecule has 0 spiro atoms. The molecule has 1 fully saturated rings. The van der Waals surface area contributed by atoms with Crippen molar-refractivity contribution < 1.29 is 4.79 Å². The molecule has 2 N–H and O–H groups in total. The Morgan fingerprint density at radius 3 is 2.39 bits per heavy atom. The average molecular weight is 269 g/mol. The largest absolute Gasteiger partial charge is 0.338 e. The van der Waals surface area contributed by atoms with Crippen molar-refractivity contribution in [2.75, 3.05) is 13.1 Å². The van der Waals surface area contributed by atoms with Gasteiger partial charge in [-0.15, -0.1) is 12.4 Å². The number of likely N-dealkylation sites (tertiary alicyclic amines) is 1. The molecule has 100 valence electrons. The number of nitrogens with zero attached hydrogens (tertiary/aromatic N) is 1. The maximum Gasteiger partial charge on any atom is 0.223 e. The molecule has 1 aliphatic heterocycles. The highest BCUT2D eigenvalue weighted by molar-refractivity contribution is 5.85. The summed E-state index contributed by atoms with van der Waals surface area (Å²) in [7, 11) is 0. The average Bonchev–Trinajstić information content (AvgIpc) is 2.71. The maximum absolute atomic E-state index is 11.7. The van der Waals surface area contributed by atoms with E-state index in [9.17, 15) is 4.79 Å². The Morgan fingerprint density at radius 1 is 1.28 bits per heavy atom. The molecular weight excluding hydrogens is 248 g/mol. The topological polar surface area (TPSA) is 46.3 Å². The minimum absolute atomic E-state index is 0. The highest BCUT2D eigenvalue weighted by Gasteiger charge is 2.28. The summed E-state index contributed by atoms with van der Waals surface area (Å²) >= 11 is 0. The zero-order valence-electron chi connectivity index (χ0n) is 10.8. The Balaban J connectivity index is 0.00000162. The van der Waals surface area contributed by atoms with Gasteiger partial charge in [0.2, 0.25) is 5.91 Å². The van der Waals surface area contributed by atoms with Gasteiger partial charge in [-0.25, -0.2) is 0 Å². The number of hydrogen-bond acceptors (Lipinski definition) is 2. The van der Waals surface area contributed by atoms with Crippen molar-refractivity contribution in [3.63, 3.8) is 0 Å². The summed E-state index contributed by atoms with van der Waals surface area (Å²) in [5.74, 6) is 0.581. The van der Waals surface area contributed by atoms with Crippen molar-refractivity contribution in [1.29, 1.82) is 0 Å². The summed E-state index contributed by atoms with van der Waals surface area (Å²) in [6, 6.07) is 8.50. The van der Waals surface area contributed by atoms with Gasteiger partial charge in [-0.3, -0.25) is 4.79 Å². The second-order valence-corrected chi connectivity index (χ2v) is 4.75. The summed E-state index contributed by atoms with van der Waals surface area (Å²) in [4.78, 5) is 13.7. The maximum atomic E-state index is 11.7. The third kappa shape index (κ3) is 3.47. The molecule has 1 aliphatic rings. The fourth-order valence-electron chi connectivity index (χ4n) is 2.27. The van der Waals surface area contributed by atoms with Crippen LogP contribution in [0.25, 0.3) is 0 Å². The van der Waals surface area contributed by atoms with Crippen LogP contribution in [0.2, 0.25) is 0 Å². The van der Waals surface area contributed by atoms with E-state index in [1.807, 2.05) is 4.90 Å². The van der Waals surface area contributed by atoms with Crippen LogP contribution in [0.3, 0.4) is 0 Å². The summed E-state index contributed by atoms with van der Waals surface area (Å²) in [5.41, 5.74) is 8.15. The molecule has 18 heavy (non-hydrogen) atoms. The Hall–Kier alpha value is -1.06. The second-order valence-electron chi connectivity index (χ2n) is 4.75. The Morgan fingerprint density at radius 2 is 1.89 bits per heavy atom. The molecular formula is C14H21ClN2O. The van der Waals surface area contributed by atoms with Crippen LogP contribution in [0.4, 0.5) is 0 Å². The predicted molar refractivity (Wildman–Crippen MR) is 75.6 cm³/mol. The highest BCUT2D eigenvalue weighted by Crippen LogP contribution is 2.19. The van der Waals surface area contributed by atoms with Gasteiger partial charge in [0.05, 0.1) is 0 Å². The first kappa shape index (κ1) is 15.0. The molecule has 1 aromatic rings. The van der Waals surface area contributed by atoms with Gasteiger partial charge < -0.3 is 10.6 Å². The molecule has 4 heteroatoms. The van der Waals surface area contributed by atoms with Gasteiger partial charge in [0.1, 0.15) is 0 Å². The molecule has 1 saturated heterocycles. The number of carbonyl (C=O) groups is 1. The lowest BCUT2D eigenvalue weighted by molar-refractivity contribution is -0.128. The van der Waals surface area contributed by atoms with Crippen LogP contribution >= 0.6 is 12.4 Å². The monoisotopic (exact) mass is 268 g/mol. The number of nitrogens with two attached hydrogens (primary N) is 1. The van der Waals surface area contributed by atoms with Gasteiger partial charge in [0.25, 0.3) is 0 Å². The standard InChI is InChI=1S/C14H20N2O.ClH/c1-2-11-3-5-12(6-4-11)9-16-10-13(8-15)7-14(16)17;/h3-6,13H,2,7-10,15H2,1H3;1H. The van der Waals surface area contributed by atoms with Crippen LogP contribution in [0.5, 0.6) is 0 Å². The number of amides is 1. The molecule has 0 aromatic heterocycles. The Kier molecular flexibility index (Phi) is 5.63. The molecule has 0 radical (unpaired) electrons. The van der Waals surface area contributed by atoms with E-state index in [-0.39, 0.29) is 18.3 Å². The molecule has 3 nitrogen and oxygen atoms in total. The van der Waals surface area contributed by atoms with Crippen LogP contribution in [0, 0.1) is 5.92 Å². The van der Waals surface area contributed by atoms with E-state index >= 15 is 0 Å². The highest BCUT2D eigenvalue weighted by atomic mass is 35.5. The van der Waals surface area contributed by atoms with Gasteiger partial charge in [-0.05, 0) is 30.0 Å². The molecule has 1 aromatic carbocycles. The molecule has 1 atom stereocenters. The van der Waals surface area contributed by atoms with E-state index in [2.05, 4.69) is 31.2 Å². The predicted octanol–water partition coefficient (Wildman–Crippen LogP) is 1.98. The smallest absolute Gasteiger partial charge is 0.223 e. The first-order chi connectivity index (χ1) is 8.22. The molecule has 1 amide bonds. The normalized spacial score (nSPS) is 18.9. The van der Waals surface area contributed by atoms with Crippen LogP contribution < -0.4 is 5.73 Å². The van der Waals surface area contributed by atoms with Gasteiger partial charge in [-0.1, -0.05) is 31.2 Å². The summed E-state index contributed by atoms with van der Waals surface area (Å²) < 4.78 is 0. The minimum Gasteiger partial charge on any atom is -0.338 e. The van der Waals surface area contributed by atoms with Crippen molar-refractivity contribution >= 4 is 18.3 Å². The van der Waals surface area contributed by atoms with Crippen molar-refractivity contribution in [2.24, 2.45) is 11.7 Å². The van der Waals surface area contributed by atoms with E-state index in [0.29, 0.717) is 18.9 Å². The van der Waals surface area contributed by atoms with Crippen LogP contribution in [-0.4, -0.2) is 23.9 Å². The van der Waals surface area contributed by atoms with Crippen LogP contribution in [0.15, 0.2) is 24.3 Å². The lowest BCUT2D eigenvalue weighted by atomic mass is 10.1. The van der Waals surface area contributed by atoms with Crippen molar-refractivity contribution in [2.45, 2.75) is 26.3 Å². The number of aryl methyl sites for hydroxylation is 1. The summed E-state index contributed by atoms with van der Waals surface area (Å²) in [6.45, 7) is 4.28. The molecule has 0 aliphatic carbocycles. The fraction of sp³-hybridized carbons (Fsp3) is 0.500. The molecule has 2 rings (SSSR count). The number of hydrogen-bond donors (Lipinski definition) is 1. The third-order valence-corrected chi connectivity index (χ3v) is 3.43. The number of rotatable bonds is 4. The minimum atomic E-state index is 0. The van der Waals surface area contributed by atoms with E-state index < -0.39 is 0 Å². The number of halogens is 1. The van der Waals surface area contributed by atoms with Crippen molar-refractivity contribution in [3.05, 3.63) is 35.4 Å². The Bertz CT molecular complexity index is 391. The van der Waals surface area contributed by atoms with Gasteiger partial charge in [-0.2, -0.15) is 0 Å². The van der Waals surface area contributed by atoms with Crippen LogP contribution in [-0.2, 0) is 17.8 Å². The second kappa shape index (κ2) is 6.76. The molecule has 0 bridgehead atoms. The SMILES string of the molecule is CCc1ccc(CN2CC(CN)CC2=O)cc1.Cl. The summed E-state index contributed by atoms with van der Waals surface area (Å²) in [6.07, 6.45) is 1.67. The van der Waals surface area contributed by atoms with Crippen LogP contribution in [0.1, 0.15) is 24.5 Å². The molecule has 1 unspecified atom stereocenters. The number of benzene rings is 1. The zero-order chi connectivity index (χ0) is 12.3. The third-order valence-electron chi connectivity index (χ3n) is 3.43. The summed E-state index contributed by atoms with van der Waals surface area (Å²) in [5, 5.41) is 0. The Labute approximate surface area is 115 Å². The lowest BCUT2D eigenvalue weighted by Crippen LogP contribution is -2.25. The van der Waals surface area contributed by atoms with Crippen molar-refractivity contribution in [3.8, 4) is 0 Å². The van der Waals surface area contributed by atoms with E-state index in [1.54, 1.807) is 0 Å². The van der Waals surface area contributed by atoms with E-state index in [0.717, 1.165) is 19.5 Å². The van der Waals surface area contributed by atoms with Gasteiger partial charge in [0.15, 0.2) is 0 Å². The first-order valence-corrected chi connectivity index (χ1v) is 6.28. The van der Waals surface area contributed by atoms with Gasteiger partial charge in [0, 0.05) is 19.5 Å². The van der Waals surface area contributed by atoms with E-state index in [4.69, 9.17) is 5.73 Å². The molecule has 1 heterocycles.